The zero-order valence-corrected chi connectivity index (χ0v) is 6.38. The molecule has 0 heterocycles. The lowest BCUT2D eigenvalue weighted by Gasteiger charge is -1.82. The molecule has 0 amide bonds. The van der Waals surface area contributed by atoms with Crippen molar-refractivity contribution in [2.24, 2.45) is 0 Å². The van der Waals surface area contributed by atoms with Crippen LogP contribution in [0.5, 0.6) is 0 Å². The van der Waals surface area contributed by atoms with Crippen molar-refractivity contribution in [3.05, 3.63) is 0 Å². The van der Waals surface area contributed by atoms with E-state index >= 15 is 0 Å². The number of hydrogen-bond donors (Lipinski definition) is 0. The van der Waals surface area contributed by atoms with Crippen LogP contribution >= 0.6 is 9.07 Å². The fourth-order valence-electron chi connectivity index (χ4n) is 0.344. The van der Waals surface area contributed by atoms with Gasteiger partial charge in [0.15, 0.2) is 0 Å². The third-order valence-corrected chi connectivity index (χ3v) is 2.31. The van der Waals surface area contributed by atoms with E-state index in [-0.39, 0.29) is 42.3 Å². The monoisotopic (exact) mass is 142 g/mol. The van der Waals surface area contributed by atoms with Crippen molar-refractivity contribution < 1.29 is 0 Å². The summed E-state index contributed by atoms with van der Waals surface area (Å²) < 4.78 is 1.32. The lowest BCUT2D eigenvalue weighted by atomic mass is 10.4. The molecule has 0 unspecified atom stereocenters. The maximum absolute atomic E-state index is 5.52. The predicted molar refractivity (Wildman–Crippen MR) is 39.9 cm³/mol. The summed E-state index contributed by atoms with van der Waals surface area (Å²) in [5, 5.41) is 0. The molecule has 0 radical (unpaired) electrons. The molecule has 38 valence electrons. The van der Waals surface area contributed by atoms with Crippen LogP contribution in [0.2, 0.25) is 4.55 Å². The first-order chi connectivity index (χ1) is 2.91. The summed E-state index contributed by atoms with van der Waals surface area (Å²) in [6.45, 7) is 2.20. The highest BCUT2D eigenvalue weighted by Crippen LogP contribution is 1.93. The standard InChI is InChI=1S/C4H9.ClH.2Mg.2H/c1-3-4-2;;;;;/h1,3-4H2,2H3;1H;;;;/q;;;+1;;/p-1. The van der Waals surface area contributed by atoms with Crippen LogP contribution in [0.1, 0.15) is 19.8 Å². The van der Waals surface area contributed by atoms with Gasteiger partial charge in [0.2, 0.25) is 0 Å². The van der Waals surface area contributed by atoms with Crippen LogP contribution in [0.15, 0.2) is 0 Å². The van der Waals surface area contributed by atoms with Gasteiger partial charge in [-0.15, -0.1) is 4.55 Å². The quantitative estimate of drug-likeness (QED) is 0.410. The summed E-state index contributed by atoms with van der Waals surface area (Å²) in [7, 11) is 5.52. The molecule has 0 saturated carbocycles. The highest BCUT2D eigenvalue weighted by Gasteiger charge is 1.85. The van der Waals surface area contributed by atoms with Crippen molar-refractivity contribution in [1.29, 1.82) is 0 Å². The minimum absolute atomic E-state index is 0. The minimum atomic E-state index is -0.125. The van der Waals surface area contributed by atoms with E-state index in [1.54, 1.807) is 0 Å². The largest absolute Gasteiger partial charge is 0.501 e. The Morgan fingerprint density at radius 2 is 2.14 bits per heavy atom. The maximum atomic E-state index is 5.52. The Labute approximate surface area is 75.0 Å². The lowest BCUT2D eigenvalue weighted by molar-refractivity contribution is 0.882. The van der Waals surface area contributed by atoms with Gasteiger partial charge in [-0.1, -0.05) is 19.8 Å². The lowest BCUT2D eigenvalue weighted by Crippen LogP contribution is -1.73. The van der Waals surface area contributed by atoms with Gasteiger partial charge in [0, 0.05) is 0 Å². The van der Waals surface area contributed by atoms with Gasteiger partial charge >= 0.3 is 42.3 Å². The van der Waals surface area contributed by atoms with Crippen LogP contribution in [0.3, 0.4) is 0 Å². The molecule has 0 aliphatic carbocycles. The average molecular weight is 143 g/mol. The van der Waals surface area contributed by atoms with Crippen molar-refractivity contribution in [2.45, 2.75) is 24.3 Å². The summed E-state index contributed by atoms with van der Waals surface area (Å²) in [6.07, 6.45) is 2.65. The second-order valence-corrected chi connectivity index (χ2v) is 3.62. The summed E-state index contributed by atoms with van der Waals surface area (Å²) >= 11 is -0.125. The third kappa shape index (κ3) is 11.4. The molecular weight excluding hydrogens is 132 g/mol. The van der Waals surface area contributed by atoms with E-state index in [2.05, 4.69) is 6.92 Å². The topological polar surface area (TPSA) is 0 Å². The molecule has 0 bridgehead atoms. The summed E-state index contributed by atoms with van der Waals surface area (Å²) in [5.74, 6) is 0. The fourth-order valence-corrected chi connectivity index (χ4v) is 1.60. The predicted octanol–water partition coefficient (Wildman–Crippen LogP) is 1.15. The first-order valence-corrected chi connectivity index (χ1v) is 5.61. The zero-order valence-electron chi connectivity index (χ0n) is 4.21. The van der Waals surface area contributed by atoms with Crippen LogP contribution in [-0.4, -0.2) is 42.3 Å². The van der Waals surface area contributed by atoms with Crippen molar-refractivity contribution in [3.63, 3.8) is 0 Å². The Hall–Kier alpha value is 1.82. The summed E-state index contributed by atoms with van der Waals surface area (Å²) in [5.41, 5.74) is 0. The van der Waals surface area contributed by atoms with E-state index in [9.17, 15) is 0 Å². The van der Waals surface area contributed by atoms with Gasteiger partial charge < -0.3 is 9.07 Å². The fraction of sp³-hybridized carbons (Fsp3) is 1.00. The van der Waals surface area contributed by atoms with E-state index in [0.717, 1.165) is 0 Å². The molecule has 0 rings (SSSR count). The second-order valence-electron chi connectivity index (χ2n) is 1.40. The van der Waals surface area contributed by atoms with Gasteiger partial charge in [0.05, 0.1) is 0 Å². The summed E-state index contributed by atoms with van der Waals surface area (Å²) in [4.78, 5) is 0. The number of hydrogen-bond acceptors (Lipinski definition) is 0. The van der Waals surface area contributed by atoms with Gasteiger partial charge in [0.25, 0.3) is 0 Å². The number of halogens is 1. The molecule has 7 heavy (non-hydrogen) atoms. The molecule has 0 aromatic heterocycles. The molecule has 0 aromatic carbocycles. The molecule has 0 saturated heterocycles. The van der Waals surface area contributed by atoms with Gasteiger partial charge in [-0.2, -0.15) is 0 Å². The molecule has 0 spiro atoms. The van der Waals surface area contributed by atoms with Crippen LogP contribution in [0, 0.1) is 0 Å². The smallest absolute Gasteiger partial charge is 0.346 e. The van der Waals surface area contributed by atoms with Crippen LogP contribution < -0.4 is 0 Å². The Balaban J connectivity index is 0. The average Bonchev–Trinajstić information content (AvgIpc) is 1.61. The molecule has 0 aliphatic rings. The van der Waals surface area contributed by atoms with Crippen molar-refractivity contribution in [3.8, 4) is 0 Å². The van der Waals surface area contributed by atoms with Crippen LogP contribution in [0.25, 0.3) is 0 Å². The SMILES string of the molecule is CCC[CH2][Mg][Cl].[MgH2]. The maximum Gasteiger partial charge on any atom is 0.501 e. The number of rotatable bonds is 3. The first kappa shape index (κ1) is 11.6. The Kier molecular flexibility index (Phi) is 17.8. The highest BCUT2D eigenvalue weighted by molar-refractivity contribution is 6.93. The van der Waals surface area contributed by atoms with E-state index < -0.39 is 0 Å². The van der Waals surface area contributed by atoms with Gasteiger partial charge in [-0.25, -0.2) is 0 Å². The summed E-state index contributed by atoms with van der Waals surface area (Å²) in [6, 6.07) is 0. The molecule has 0 N–H and O–H groups in total. The van der Waals surface area contributed by atoms with Crippen molar-refractivity contribution in [1.82, 2.24) is 0 Å². The molecule has 3 heteroatoms. The first-order valence-electron chi connectivity index (χ1n) is 2.47. The van der Waals surface area contributed by atoms with Gasteiger partial charge in [0.1, 0.15) is 0 Å². The van der Waals surface area contributed by atoms with E-state index in [1.807, 2.05) is 0 Å². The van der Waals surface area contributed by atoms with Crippen LogP contribution in [-0.2, 0) is 0 Å². The van der Waals surface area contributed by atoms with E-state index in [0.29, 0.717) is 0 Å². The molecule has 0 atom stereocenters. The third-order valence-electron chi connectivity index (χ3n) is 0.737. The molecule has 0 nitrogen and oxygen atoms in total. The van der Waals surface area contributed by atoms with Crippen molar-refractivity contribution in [2.75, 3.05) is 0 Å². The molecule has 0 aliphatic heterocycles. The zero-order chi connectivity index (χ0) is 4.83. The van der Waals surface area contributed by atoms with Crippen LogP contribution in [0.4, 0.5) is 0 Å². The highest BCUT2D eigenvalue weighted by atomic mass is 35.5. The molecule has 0 fully saturated rings. The molecular formula is C4H11ClMg2. The van der Waals surface area contributed by atoms with Gasteiger partial charge in [-0.05, 0) is 0 Å². The van der Waals surface area contributed by atoms with E-state index in [1.165, 1.54) is 17.4 Å². The Morgan fingerprint density at radius 1 is 1.57 bits per heavy atom. The van der Waals surface area contributed by atoms with Gasteiger partial charge in [-0.3, -0.25) is 0 Å². The second kappa shape index (κ2) is 10.7. The minimum Gasteiger partial charge on any atom is -0.346 e. The normalized spacial score (nSPS) is 6.57. The van der Waals surface area contributed by atoms with E-state index in [4.69, 9.17) is 9.07 Å². The van der Waals surface area contributed by atoms with Crippen molar-refractivity contribution >= 4 is 51.4 Å². The Bertz CT molecular complexity index is 21.7. The number of unbranched alkanes of at least 4 members (excludes halogenated alkanes) is 1. The molecule has 0 aromatic rings. The Morgan fingerprint density at radius 3 is 2.29 bits per heavy atom.